The van der Waals surface area contributed by atoms with E-state index in [1.54, 1.807) is 18.3 Å². The second-order valence-corrected chi connectivity index (χ2v) is 6.75. The molecule has 1 aromatic carbocycles. The lowest BCUT2D eigenvalue weighted by atomic mass is 9.92. The standard InChI is InChI=1S/C17H23N3OS.2ClH/c1-17(18,13-8-5-4-6-9-13)16(21)19-12-14(20(2)3)15-10-7-11-22-15;;/h4-11,14H,12,18H2,1-3H3,(H,19,21);2*1H. The van der Waals surface area contributed by atoms with Crippen molar-refractivity contribution in [3.63, 3.8) is 0 Å². The Bertz CT molecular complexity index is 604. The van der Waals surface area contributed by atoms with Gasteiger partial charge in [-0.25, -0.2) is 0 Å². The highest BCUT2D eigenvalue weighted by Crippen LogP contribution is 2.23. The molecule has 1 amide bonds. The Morgan fingerprint density at radius 2 is 1.83 bits per heavy atom. The van der Waals surface area contributed by atoms with E-state index in [0.29, 0.717) is 6.54 Å². The first-order valence-electron chi connectivity index (χ1n) is 7.25. The summed E-state index contributed by atoms with van der Waals surface area (Å²) in [5.41, 5.74) is 6.02. The molecule has 0 aliphatic carbocycles. The minimum atomic E-state index is -1.03. The molecule has 0 saturated heterocycles. The number of amides is 1. The van der Waals surface area contributed by atoms with Crippen LogP contribution < -0.4 is 11.1 Å². The van der Waals surface area contributed by atoms with Crippen LogP contribution in [-0.2, 0) is 10.3 Å². The number of benzene rings is 1. The lowest BCUT2D eigenvalue weighted by Gasteiger charge is -2.28. The van der Waals surface area contributed by atoms with Crippen LogP contribution in [0.2, 0.25) is 0 Å². The van der Waals surface area contributed by atoms with Crippen LogP contribution in [0.4, 0.5) is 0 Å². The van der Waals surface area contributed by atoms with Crippen LogP contribution in [-0.4, -0.2) is 31.4 Å². The maximum absolute atomic E-state index is 12.5. The molecule has 2 rings (SSSR count). The highest BCUT2D eigenvalue weighted by atomic mass is 35.5. The van der Waals surface area contributed by atoms with Crippen molar-refractivity contribution in [2.24, 2.45) is 5.73 Å². The van der Waals surface area contributed by atoms with Gasteiger partial charge in [0.25, 0.3) is 0 Å². The average molecular weight is 390 g/mol. The minimum absolute atomic E-state index is 0. The minimum Gasteiger partial charge on any atom is -0.352 e. The number of nitrogens with zero attached hydrogens (tertiary/aromatic N) is 1. The largest absolute Gasteiger partial charge is 0.352 e. The fourth-order valence-electron chi connectivity index (χ4n) is 2.31. The van der Waals surface area contributed by atoms with Crippen LogP contribution in [0.15, 0.2) is 47.8 Å². The van der Waals surface area contributed by atoms with Gasteiger partial charge in [-0.1, -0.05) is 36.4 Å². The third-order valence-electron chi connectivity index (χ3n) is 3.80. The van der Waals surface area contributed by atoms with Crippen molar-refractivity contribution in [2.75, 3.05) is 20.6 Å². The van der Waals surface area contributed by atoms with E-state index in [4.69, 9.17) is 5.73 Å². The second-order valence-electron chi connectivity index (χ2n) is 5.77. The Morgan fingerprint density at radius 3 is 2.33 bits per heavy atom. The molecule has 0 fully saturated rings. The third-order valence-corrected chi connectivity index (χ3v) is 4.77. The molecule has 2 atom stereocenters. The number of hydrogen-bond donors (Lipinski definition) is 2. The number of hydrogen-bond acceptors (Lipinski definition) is 4. The summed E-state index contributed by atoms with van der Waals surface area (Å²) < 4.78 is 0. The van der Waals surface area contributed by atoms with Crippen molar-refractivity contribution >= 4 is 42.1 Å². The van der Waals surface area contributed by atoms with E-state index < -0.39 is 5.54 Å². The molecule has 2 unspecified atom stereocenters. The van der Waals surface area contributed by atoms with E-state index in [9.17, 15) is 4.79 Å². The molecule has 7 heteroatoms. The van der Waals surface area contributed by atoms with Crippen LogP contribution in [0.25, 0.3) is 0 Å². The van der Waals surface area contributed by atoms with Crippen LogP contribution in [0, 0.1) is 0 Å². The van der Waals surface area contributed by atoms with Gasteiger partial charge in [0.15, 0.2) is 0 Å². The fourth-order valence-corrected chi connectivity index (χ4v) is 3.23. The van der Waals surface area contributed by atoms with Crippen molar-refractivity contribution in [2.45, 2.75) is 18.5 Å². The van der Waals surface area contributed by atoms with Gasteiger partial charge in [0.1, 0.15) is 5.54 Å². The number of thiophene rings is 1. The predicted molar refractivity (Wildman–Crippen MR) is 106 cm³/mol. The van der Waals surface area contributed by atoms with Gasteiger partial charge >= 0.3 is 0 Å². The first-order chi connectivity index (χ1) is 10.4. The maximum atomic E-state index is 12.5. The van der Waals surface area contributed by atoms with Crippen molar-refractivity contribution in [3.8, 4) is 0 Å². The highest BCUT2D eigenvalue weighted by Gasteiger charge is 2.31. The molecule has 134 valence electrons. The summed E-state index contributed by atoms with van der Waals surface area (Å²) in [6, 6.07) is 13.7. The van der Waals surface area contributed by atoms with Crippen molar-refractivity contribution in [3.05, 3.63) is 58.3 Å². The number of carbonyl (C=O) groups is 1. The topological polar surface area (TPSA) is 58.4 Å². The lowest BCUT2D eigenvalue weighted by Crippen LogP contribution is -2.50. The highest BCUT2D eigenvalue weighted by molar-refractivity contribution is 7.10. The molecule has 0 saturated carbocycles. The van der Waals surface area contributed by atoms with E-state index >= 15 is 0 Å². The number of nitrogens with one attached hydrogen (secondary N) is 1. The van der Waals surface area contributed by atoms with Gasteiger partial charge in [-0.3, -0.25) is 4.79 Å². The lowest BCUT2D eigenvalue weighted by molar-refractivity contribution is -0.126. The summed E-state index contributed by atoms with van der Waals surface area (Å²) in [5.74, 6) is -0.165. The third kappa shape index (κ3) is 5.46. The first-order valence-corrected chi connectivity index (χ1v) is 8.13. The summed E-state index contributed by atoms with van der Waals surface area (Å²) >= 11 is 1.69. The zero-order chi connectivity index (χ0) is 16.2. The Hall–Kier alpha value is -1.11. The number of nitrogens with two attached hydrogens (primary N) is 1. The van der Waals surface area contributed by atoms with E-state index in [1.807, 2.05) is 55.9 Å². The van der Waals surface area contributed by atoms with E-state index in [1.165, 1.54) is 4.88 Å². The molecular formula is C17H25Cl2N3OS. The molecule has 0 bridgehead atoms. The SMILES string of the molecule is CN(C)C(CNC(=O)C(C)(N)c1ccccc1)c1cccs1.Cl.Cl. The Balaban J connectivity index is 0.00000264. The van der Waals surface area contributed by atoms with Crippen molar-refractivity contribution in [1.82, 2.24) is 10.2 Å². The summed E-state index contributed by atoms with van der Waals surface area (Å²) in [6.45, 7) is 2.28. The molecule has 1 heterocycles. The first kappa shape index (κ1) is 22.9. The molecule has 2 aromatic rings. The Morgan fingerprint density at radius 1 is 1.21 bits per heavy atom. The Kier molecular flexibility index (Phi) is 9.55. The molecule has 0 aliphatic rings. The summed E-state index contributed by atoms with van der Waals surface area (Å²) in [7, 11) is 4.02. The monoisotopic (exact) mass is 389 g/mol. The molecule has 1 aromatic heterocycles. The number of halogens is 2. The van der Waals surface area contributed by atoms with Gasteiger partial charge in [-0.15, -0.1) is 36.2 Å². The molecule has 0 radical (unpaired) electrons. The maximum Gasteiger partial charge on any atom is 0.244 e. The molecular weight excluding hydrogens is 365 g/mol. The second kappa shape index (κ2) is 10.0. The summed E-state index contributed by atoms with van der Waals surface area (Å²) in [4.78, 5) is 15.8. The van der Waals surface area contributed by atoms with Crippen LogP contribution in [0.5, 0.6) is 0 Å². The normalized spacial score (nSPS) is 14.0. The van der Waals surface area contributed by atoms with Gasteiger partial charge in [0.05, 0.1) is 6.04 Å². The molecule has 24 heavy (non-hydrogen) atoms. The fraction of sp³-hybridized carbons (Fsp3) is 0.353. The average Bonchev–Trinajstić information content (AvgIpc) is 3.02. The summed E-state index contributed by atoms with van der Waals surface area (Å²) in [6.07, 6.45) is 0. The van der Waals surface area contributed by atoms with Crippen molar-refractivity contribution < 1.29 is 4.79 Å². The van der Waals surface area contributed by atoms with Gasteiger partial charge in [0, 0.05) is 11.4 Å². The van der Waals surface area contributed by atoms with E-state index in [0.717, 1.165) is 5.56 Å². The summed E-state index contributed by atoms with van der Waals surface area (Å²) in [5, 5.41) is 5.04. The van der Waals surface area contributed by atoms with Gasteiger partial charge in [-0.05, 0) is 38.0 Å². The van der Waals surface area contributed by atoms with E-state index in [-0.39, 0.29) is 36.8 Å². The number of carbonyl (C=O) groups excluding carboxylic acids is 1. The molecule has 3 N–H and O–H groups in total. The van der Waals surface area contributed by atoms with Gasteiger partial charge in [-0.2, -0.15) is 0 Å². The van der Waals surface area contributed by atoms with Crippen LogP contribution >= 0.6 is 36.2 Å². The zero-order valence-electron chi connectivity index (χ0n) is 14.1. The molecule has 0 spiro atoms. The van der Waals surface area contributed by atoms with Crippen molar-refractivity contribution in [1.29, 1.82) is 0 Å². The van der Waals surface area contributed by atoms with Crippen LogP contribution in [0.3, 0.4) is 0 Å². The molecule has 0 aliphatic heterocycles. The smallest absolute Gasteiger partial charge is 0.244 e. The number of likely N-dealkylation sites (N-methyl/N-ethyl adjacent to an activating group) is 1. The Labute approximate surface area is 160 Å². The van der Waals surface area contributed by atoms with E-state index in [2.05, 4.69) is 16.3 Å². The zero-order valence-corrected chi connectivity index (χ0v) is 16.5. The van der Waals surface area contributed by atoms with Gasteiger partial charge in [0.2, 0.25) is 5.91 Å². The quantitative estimate of drug-likeness (QED) is 0.797. The number of rotatable bonds is 6. The molecule has 4 nitrogen and oxygen atoms in total. The van der Waals surface area contributed by atoms with Crippen LogP contribution in [0.1, 0.15) is 23.4 Å². The van der Waals surface area contributed by atoms with Gasteiger partial charge < -0.3 is 16.0 Å². The predicted octanol–water partition coefficient (Wildman–Crippen LogP) is 3.18.